The van der Waals surface area contributed by atoms with Gasteiger partial charge < -0.3 is 5.32 Å². The Balaban J connectivity index is 2.49. The zero-order valence-electron chi connectivity index (χ0n) is 8.04. The number of hydrogen-bond acceptors (Lipinski definition) is 2. The number of fused-ring (bicyclic) bond motifs is 1. The molecule has 1 atom stereocenters. The molecule has 1 aromatic rings. The molecule has 0 spiro atoms. The molecule has 0 bridgehead atoms. The molecule has 1 N–H and O–H groups in total. The fourth-order valence-corrected chi connectivity index (χ4v) is 1.59. The number of aliphatic imine (C=N–C) groups is 1. The van der Waals surface area contributed by atoms with E-state index in [-0.39, 0.29) is 0 Å². The van der Waals surface area contributed by atoms with Gasteiger partial charge in [-0.25, -0.2) is 0 Å². The van der Waals surface area contributed by atoms with E-state index in [1.807, 2.05) is 0 Å². The zero-order valence-corrected chi connectivity index (χ0v) is 8.04. The maximum absolute atomic E-state index is 4.50. The van der Waals surface area contributed by atoms with E-state index in [9.17, 15) is 0 Å². The van der Waals surface area contributed by atoms with Crippen LogP contribution in [0.5, 0.6) is 0 Å². The first-order valence-electron chi connectivity index (χ1n) is 4.64. The minimum atomic E-state index is 0.429. The molecule has 0 radical (unpaired) electrons. The summed E-state index contributed by atoms with van der Waals surface area (Å²) in [5, 5.41) is 3.44. The molecule has 1 unspecified atom stereocenters. The molecular formula is C11H14N2. The third kappa shape index (κ3) is 1.57. The van der Waals surface area contributed by atoms with Crippen molar-refractivity contribution in [3.8, 4) is 0 Å². The molecule has 13 heavy (non-hydrogen) atoms. The zero-order chi connectivity index (χ0) is 9.26. The van der Waals surface area contributed by atoms with E-state index in [2.05, 4.69) is 48.4 Å². The van der Waals surface area contributed by atoms with Crippen LogP contribution in [0.3, 0.4) is 0 Å². The summed E-state index contributed by atoms with van der Waals surface area (Å²) in [6.45, 7) is 5.08. The quantitative estimate of drug-likeness (QED) is 0.641. The van der Waals surface area contributed by atoms with Crippen molar-refractivity contribution in [2.45, 2.75) is 19.9 Å². The highest BCUT2D eigenvalue weighted by Crippen LogP contribution is 2.19. The maximum Gasteiger partial charge on any atom is 0.0591 e. The van der Waals surface area contributed by atoms with Gasteiger partial charge in [0.15, 0.2) is 0 Å². The smallest absolute Gasteiger partial charge is 0.0591 e. The summed E-state index contributed by atoms with van der Waals surface area (Å²) in [5.41, 5.74) is 3.56. The number of benzodiazepines with no additional fused rings is 1. The molecule has 1 heterocycles. The van der Waals surface area contributed by atoms with E-state index in [0.29, 0.717) is 6.04 Å². The SMILES string of the molecule is CC1=NCC(C)Nc2ccccc21. The second-order valence-electron chi connectivity index (χ2n) is 3.52. The van der Waals surface area contributed by atoms with Crippen LogP contribution in [-0.4, -0.2) is 18.3 Å². The standard InChI is InChI=1S/C11H14N2/c1-8-7-12-9(2)10-5-3-4-6-11(10)13-8/h3-6,8,13H,7H2,1-2H3. The van der Waals surface area contributed by atoms with Crippen molar-refractivity contribution in [3.05, 3.63) is 29.8 Å². The lowest BCUT2D eigenvalue weighted by Gasteiger charge is -2.11. The number of hydrogen-bond donors (Lipinski definition) is 1. The topological polar surface area (TPSA) is 24.4 Å². The summed E-state index contributed by atoms with van der Waals surface area (Å²) < 4.78 is 0. The first-order chi connectivity index (χ1) is 6.27. The first kappa shape index (κ1) is 8.30. The van der Waals surface area contributed by atoms with E-state index in [0.717, 1.165) is 12.3 Å². The Hall–Kier alpha value is -1.31. The van der Waals surface area contributed by atoms with Crippen molar-refractivity contribution in [3.63, 3.8) is 0 Å². The van der Waals surface area contributed by atoms with Crippen LogP contribution in [0.25, 0.3) is 0 Å². The summed E-state index contributed by atoms with van der Waals surface area (Å²) in [6.07, 6.45) is 0. The lowest BCUT2D eigenvalue weighted by Crippen LogP contribution is -2.17. The van der Waals surface area contributed by atoms with Crippen molar-refractivity contribution >= 4 is 11.4 Å². The Morgan fingerprint density at radius 1 is 1.38 bits per heavy atom. The van der Waals surface area contributed by atoms with Crippen LogP contribution in [0.15, 0.2) is 29.3 Å². The van der Waals surface area contributed by atoms with Crippen LogP contribution in [0, 0.1) is 0 Å². The van der Waals surface area contributed by atoms with E-state index in [1.54, 1.807) is 0 Å². The predicted octanol–water partition coefficient (Wildman–Crippen LogP) is 2.31. The fraction of sp³-hybridized carbons (Fsp3) is 0.364. The average molecular weight is 174 g/mol. The number of nitrogens with one attached hydrogen (secondary N) is 1. The molecule has 0 aliphatic carbocycles. The van der Waals surface area contributed by atoms with Crippen LogP contribution < -0.4 is 5.32 Å². The van der Waals surface area contributed by atoms with Gasteiger partial charge in [0.2, 0.25) is 0 Å². The van der Waals surface area contributed by atoms with Gasteiger partial charge in [-0.1, -0.05) is 18.2 Å². The number of nitrogens with zero attached hydrogens (tertiary/aromatic N) is 1. The molecule has 2 nitrogen and oxygen atoms in total. The number of benzene rings is 1. The van der Waals surface area contributed by atoms with E-state index >= 15 is 0 Å². The summed E-state index contributed by atoms with van der Waals surface area (Å²) in [5.74, 6) is 0. The molecule has 1 aliphatic rings. The van der Waals surface area contributed by atoms with Gasteiger partial charge >= 0.3 is 0 Å². The third-order valence-corrected chi connectivity index (χ3v) is 2.32. The molecule has 0 amide bonds. The third-order valence-electron chi connectivity index (χ3n) is 2.32. The van der Waals surface area contributed by atoms with Gasteiger partial charge in [0.05, 0.1) is 6.54 Å². The van der Waals surface area contributed by atoms with Crippen LogP contribution >= 0.6 is 0 Å². The van der Waals surface area contributed by atoms with Gasteiger partial charge in [-0.3, -0.25) is 4.99 Å². The average Bonchev–Trinajstić information content (AvgIpc) is 2.27. The molecule has 1 aromatic carbocycles. The van der Waals surface area contributed by atoms with Crippen molar-refractivity contribution in [2.24, 2.45) is 4.99 Å². The molecule has 0 saturated heterocycles. The normalized spacial score (nSPS) is 21.1. The Kier molecular flexibility index (Phi) is 2.05. The Morgan fingerprint density at radius 2 is 2.15 bits per heavy atom. The Morgan fingerprint density at radius 3 is 3.00 bits per heavy atom. The van der Waals surface area contributed by atoms with E-state index in [1.165, 1.54) is 11.3 Å². The van der Waals surface area contributed by atoms with Gasteiger partial charge in [-0.05, 0) is 19.9 Å². The molecule has 2 heteroatoms. The molecule has 2 rings (SSSR count). The van der Waals surface area contributed by atoms with Crippen LogP contribution in [-0.2, 0) is 0 Å². The van der Waals surface area contributed by atoms with Crippen molar-refractivity contribution in [1.29, 1.82) is 0 Å². The van der Waals surface area contributed by atoms with Crippen molar-refractivity contribution < 1.29 is 0 Å². The van der Waals surface area contributed by atoms with Crippen LogP contribution in [0.1, 0.15) is 19.4 Å². The highest BCUT2D eigenvalue weighted by molar-refractivity contribution is 6.03. The van der Waals surface area contributed by atoms with Gasteiger partial charge in [-0.2, -0.15) is 0 Å². The van der Waals surface area contributed by atoms with Gasteiger partial charge in [0, 0.05) is 23.0 Å². The largest absolute Gasteiger partial charge is 0.380 e. The number of rotatable bonds is 0. The highest BCUT2D eigenvalue weighted by atomic mass is 15.0. The lowest BCUT2D eigenvalue weighted by molar-refractivity contribution is 0.811. The Labute approximate surface area is 78.7 Å². The van der Waals surface area contributed by atoms with Gasteiger partial charge in [-0.15, -0.1) is 0 Å². The molecule has 0 saturated carbocycles. The van der Waals surface area contributed by atoms with E-state index in [4.69, 9.17) is 0 Å². The number of anilines is 1. The Bertz CT molecular complexity index is 342. The molecule has 1 aliphatic heterocycles. The summed E-state index contributed by atoms with van der Waals surface area (Å²) in [7, 11) is 0. The molecular weight excluding hydrogens is 160 g/mol. The highest BCUT2D eigenvalue weighted by Gasteiger charge is 2.11. The van der Waals surface area contributed by atoms with Crippen molar-refractivity contribution in [1.82, 2.24) is 0 Å². The lowest BCUT2D eigenvalue weighted by atomic mass is 10.1. The molecule has 0 fully saturated rings. The predicted molar refractivity (Wildman–Crippen MR) is 56.6 cm³/mol. The summed E-state index contributed by atoms with van der Waals surface area (Å²) in [6, 6.07) is 8.75. The monoisotopic (exact) mass is 174 g/mol. The fourth-order valence-electron chi connectivity index (χ4n) is 1.59. The maximum atomic E-state index is 4.50. The van der Waals surface area contributed by atoms with Gasteiger partial charge in [0.1, 0.15) is 0 Å². The first-order valence-corrected chi connectivity index (χ1v) is 4.64. The number of para-hydroxylation sites is 1. The summed E-state index contributed by atoms with van der Waals surface area (Å²) >= 11 is 0. The summed E-state index contributed by atoms with van der Waals surface area (Å²) in [4.78, 5) is 4.50. The second kappa shape index (κ2) is 3.21. The van der Waals surface area contributed by atoms with Crippen LogP contribution in [0.2, 0.25) is 0 Å². The van der Waals surface area contributed by atoms with Crippen molar-refractivity contribution in [2.75, 3.05) is 11.9 Å². The molecule has 0 aromatic heterocycles. The minimum absolute atomic E-state index is 0.429. The van der Waals surface area contributed by atoms with Crippen LogP contribution in [0.4, 0.5) is 5.69 Å². The molecule has 68 valence electrons. The van der Waals surface area contributed by atoms with E-state index < -0.39 is 0 Å². The second-order valence-corrected chi connectivity index (χ2v) is 3.52. The van der Waals surface area contributed by atoms with Gasteiger partial charge in [0.25, 0.3) is 0 Å². The minimum Gasteiger partial charge on any atom is -0.380 e.